The Labute approximate surface area is 165 Å². The Balaban J connectivity index is 2.33. The molecule has 0 radical (unpaired) electrons. The second-order valence-electron chi connectivity index (χ2n) is 6.44. The van der Waals surface area contributed by atoms with Crippen LogP contribution in [0.3, 0.4) is 0 Å². The van der Waals surface area contributed by atoms with Crippen LogP contribution in [0.2, 0.25) is 5.02 Å². The molecule has 0 saturated carbocycles. The van der Waals surface area contributed by atoms with E-state index in [1.165, 1.54) is 7.11 Å². The van der Waals surface area contributed by atoms with E-state index in [2.05, 4.69) is 34.0 Å². The summed E-state index contributed by atoms with van der Waals surface area (Å²) in [6.45, 7) is 9.66. The van der Waals surface area contributed by atoms with Gasteiger partial charge in [-0.15, -0.1) is 0 Å². The second kappa shape index (κ2) is 9.55. The lowest BCUT2D eigenvalue weighted by molar-refractivity contribution is 0.102. The molecular formula is C20H27ClN4O2. The average molecular weight is 391 g/mol. The third kappa shape index (κ3) is 5.32. The lowest BCUT2D eigenvalue weighted by Crippen LogP contribution is -2.28. The molecule has 1 heterocycles. The van der Waals surface area contributed by atoms with Crippen molar-refractivity contribution in [3.8, 4) is 5.75 Å². The number of aryl methyl sites for hydroxylation is 2. The van der Waals surface area contributed by atoms with Crippen LogP contribution < -0.4 is 15.0 Å². The topological polar surface area (TPSA) is 67.4 Å². The quantitative estimate of drug-likeness (QED) is 0.711. The Kier molecular flexibility index (Phi) is 7.42. The number of methoxy groups -OCH3 is 1. The van der Waals surface area contributed by atoms with Crippen LogP contribution in [0, 0.1) is 13.8 Å². The molecule has 0 saturated heterocycles. The fraction of sp³-hybridized carbons (Fsp3) is 0.450. The molecule has 2 rings (SSSR count). The Hall–Kier alpha value is -2.34. The number of carbonyl (C=O) groups is 1. The van der Waals surface area contributed by atoms with Crippen molar-refractivity contribution in [1.29, 1.82) is 0 Å². The lowest BCUT2D eigenvalue weighted by Gasteiger charge is -2.22. The molecule has 0 aliphatic heterocycles. The number of anilines is 2. The number of nitrogens with one attached hydrogen (secondary N) is 1. The molecule has 6 nitrogen and oxygen atoms in total. The van der Waals surface area contributed by atoms with Crippen LogP contribution in [-0.2, 0) is 0 Å². The van der Waals surface area contributed by atoms with Crippen molar-refractivity contribution in [2.24, 2.45) is 0 Å². The number of ether oxygens (including phenoxy) is 1. The molecule has 0 spiro atoms. The predicted octanol–water partition coefficient (Wildman–Crippen LogP) is 4.63. The number of hydrogen-bond acceptors (Lipinski definition) is 5. The van der Waals surface area contributed by atoms with E-state index in [1.807, 2.05) is 13.8 Å². The highest BCUT2D eigenvalue weighted by Crippen LogP contribution is 2.31. The molecule has 0 aliphatic carbocycles. The van der Waals surface area contributed by atoms with Crippen molar-refractivity contribution < 1.29 is 9.53 Å². The summed E-state index contributed by atoms with van der Waals surface area (Å²) in [4.78, 5) is 23.9. The van der Waals surface area contributed by atoms with E-state index in [0.717, 1.165) is 37.2 Å². The fourth-order valence-electron chi connectivity index (χ4n) is 2.78. The van der Waals surface area contributed by atoms with Crippen molar-refractivity contribution in [3.63, 3.8) is 0 Å². The van der Waals surface area contributed by atoms with Crippen molar-refractivity contribution in [3.05, 3.63) is 40.2 Å². The van der Waals surface area contributed by atoms with E-state index in [9.17, 15) is 4.79 Å². The maximum absolute atomic E-state index is 12.8. The van der Waals surface area contributed by atoms with Gasteiger partial charge in [0.05, 0.1) is 12.8 Å². The van der Waals surface area contributed by atoms with E-state index in [1.54, 1.807) is 18.2 Å². The summed E-state index contributed by atoms with van der Waals surface area (Å²) in [7, 11) is 1.54. The van der Waals surface area contributed by atoms with Crippen molar-refractivity contribution in [1.82, 2.24) is 9.97 Å². The molecule has 1 N–H and O–H groups in total. The summed E-state index contributed by atoms with van der Waals surface area (Å²) in [6, 6.07) is 5.16. The lowest BCUT2D eigenvalue weighted by atomic mass is 10.2. The standard InChI is InChI=1S/C20H27ClN4O2/c1-6-8-25(9-7-2)20-22-14(4)11-17(24-20)19(26)23-16-10-13(3)15(21)12-18(16)27-5/h10-12H,6-9H2,1-5H3,(H,23,26). The molecule has 0 aliphatic rings. The van der Waals surface area contributed by atoms with Crippen molar-refractivity contribution in [2.45, 2.75) is 40.5 Å². The summed E-state index contributed by atoms with van der Waals surface area (Å²) >= 11 is 6.14. The number of amides is 1. The van der Waals surface area contributed by atoms with Crippen LogP contribution in [0.25, 0.3) is 0 Å². The number of aromatic nitrogens is 2. The minimum absolute atomic E-state index is 0.310. The molecule has 0 fully saturated rings. The molecule has 2 aromatic rings. The molecule has 0 atom stereocenters. The SMILES string of the molecule is CCCN(CCC)c1nc(C)cc(C(=O)Nc2cc(C)c(Cl)cc2OC)n1. The summed E-state index contributed by atoms with van der Waals surface area (Å²) in [5.41, 5.74) is 2.48. The third-order valence-corrected chi connectivity index (χ3v) is 4.48. The largest absolute Gasteiger partial charge is 0.495 e. The zero-order valence-electron chi connectivity index (χ0n) is 16.6. The number of nitrogens with zero attached hydrogens (tertiary/aromatic N) is 3. The van der Waals surface area contributed by atoms with Gasteiger partial charge in [-0.05, 0) is 44.4 Å². The smallest absolute Gasteiger partial charge is 0.274 e. The van der Waals surface area contributed by atoms with Gasteiger partial charge in [0, 0.05) is 29.9 Å². The van der Waals surface area contributed by atoms with Gasteiger partial charge in [-0.3, -0.25) is 4.79 Å². The van der Waals surface area contributed by atoms with E-state index in [-0.39, 0.29) is 5.91 Å². The second-order valence-corrected chi connectivity index (χ2v) is 6.84. The molecule has 27 heavy (non-hydrogen) atoms. The van der Waals surface area contributed by atoms with Gasteiger partial charge in [0.25, 0.3) is 5.91 Å². The van der Waals surface area contributed by atoms with Crippen LogP contribution in [0.4, 0.5) is 11.6 Å². The first-order valence-electron chi connectivity index (χ1n) is 9.15. The van der Waals surface area contributed by atoms with Gasteiger partial charge >= 0.3 is 0 Å². The Bertz CT molecular complexity index is 805. The number of rotatable bonds is 8. The molecular weight excluding hydrogens is 364 g/mol. The minimum atomic E-state index is -0.310. The maximum Gasteiger partial charge on any atom is 0.274 e. The normalized spacial score (nSPS) is 10.6. The van der Waals surface area contributed by atoms with Crippen LogP contribution in [-0.4, -0.2) is 36.1 Å². The van der Waals surface area contributed by atoms with Gasteiger partial charge in [0.1, 0.15) is 11.4 Å². The van der Waals surface area contributed by atoms with Crippen LogP contribution in [0.5, 0.6) is 5.75 Å². The van der Waals surface area contributed by atoms with Gasteiger partial charge < -0.3 is 15.0 Å². The van der Waals surface area contributed by atoms with Crippen LogP contribution in [0.1, 0.15) is 48.4 Å². The third-order valence-electron chi connectivity index (χ3n) is 4.07. The molecule has 7 heteroatoms. The number of halogens is 1. The molecule has 1 aromatic carbocycles. The highest BCUT2D eigenvalue weighted by molar-refractivity contribution is 6.31. The molecule has 1 amide bonds. The number of benzene rings is 1. The zero-order chi connectivity index (χ0) is 20.0. The number of hydrogen-bond donors (Lipinski definition) is 1. The fourth-order valence-corrected chi connectivity index (χ4v) is 2.93. The first kappa shape index (κ1) is 21.0. The summed E-state index contributed by atoms with van der Waals surface area (Å²) < 4.78 is 5.33. The van der Waals surface area contributed by atoms with Gasteiger partial charge in [-0.1, -0.05) is 25.4 Å². The summed E-state index contributed by atoms with van der Waals surface area (Å²) in [6.07, 6.45) is 1.97. The van der Waals surface area contributed by atoms with Gasteiger partial charge in [0.2, 0.25) is 5.95 Å². The van der Waals surface area contributed by atoms with Crippen molar-refractivity contribution >= 4 is 29.1 Å². The zero-order valence-corrected chi connectivity index (χ0v) is 17.4. The number of carbonyl (C=O) groups excluding carboxylic acids is 1. The van der Waals surface area contributed by atoms with E-state index in [4.69, 9.17) is 16.3 Å². The van der Waals surface area contributed by atoms with E-state index < -0.39 is 0 Å². The summed E-state index contributed by atoms with van der Waals surface area (Å²) in [5.74, 6) is 0.779. The molecule has 0 unspecified atom stereocenters. The maximum atomic E-state index is 12.8. The highest BCUT2D eigenvalue weighted by Gasteiger charge is 2.17. The summed E-state index contributed by atoms with van der Waals surface area (Å²) in [5, 5.41) is 3.45. The predicted molar refractivity (Wildman–Crippen MR) is 110 cm³/mol. The Morgan fingerprint density at radius 1 is 1.15 bits per heavy atom. The Morgan fingerprint density at radius 3 is 2.41 bits per heavy atom. The average Bonchev–Trinajstić information content (AvgIpc) is 2.63. The highest BCUT2D eigenvalue weighted by atomic mass is 35.5. The van der Waals surface area contributed by atoms with Crippen LogP contribution >= 0.6 is 11.6 Å². The Morgan fingerprint density at radius 2 is 1.81 bits per heavy atom. The first-order valence-corrected chi connectivity index (χ1v) is 9.53. The van der Waals surface area contributed by atoms with Gasteiger partial charge in [0.15, 0.2) is 0 Å². The van der Waals surface area contributed by atoms with Crippen molar-refractivity contribution in [2.75, 3.05) is 30.4 Å². The molecule has 1 aromatic heterocycles. The first-order chi connectivity index (χ1) is 12.9. The van der Waals surface area contributed by atoms with E-state index >= 15 is 0 Å². The minimum Gasteiger partial charge on any atom is -0.495 e. The van der Waals surface area contributed by atoms with Gasteiger partial charge in [-0.25, -0.2) is 9.97 Å². The molecule has 0 bridgehead atoms. The van der Waals surface area contributed by atoms with E-state index in [0.29, 0.717) is 28.1 Å². The molecule has 146 valence electrons. The van der Waals surface area contributed by atoms with Gasteiger partial charge in [-0.2, -0.15) is 0 Å². The monoisotopic (exact) mass is 390 g/mol. The van der Waals surface area contributed by atoms with Crippen LogP contribution in [0.15, 0.2) is 18.2 Å².